The van der Waals surface area contributed by atoms with Crippen LogP contribution in [0.25, 0.3) is 17.0 Å². The van der Waals surface area contributed by atoms with E-state index in [9.17, 15) is 18.0 Å². The zero-order valence-electron chi connectivity index (χ0n) is 21.6. The third kappa shape index (κ3) is 6.29. The summed E-state index contributed by atoms with van der Waals surface area (Å²) in [5.74, 6) is -0.135. The molecular weight excluding hydrogens is 531 g/mol. The Balaban J connectivity index is 1.33. The second kappa shape index (κ2) is 11.4. The first kappa shape index (κ1) is 27.2. The summed E-state index contributed by atoms with van der Waals surface area (Å²) in [7, 11) is 3.57. The van der Waals surface area contributed by atoms with Gasteiger partial charge in [-0.2, -0.15) is 23.3 Å². The van der Waals surface area contributed by atoms with E-state index in [1.807, 2.05) is 12.1 Å². The van der Waals surface area contributed by atoms with E-state index >= 15 is 0 Å². The van der Waals surface area contributed by atoms with Crippen molar-refractivity contribution in [2.75, 3.05) is 53.6 Å². The topological polar surface area (TPSA) is 72.2 Å². The molecule has 0 spiro atoms. The summed E-state index contributed by atoms with van der Waals surface area (Å²) in [5, 5.41) is 5.82. The van der Waals surface area contributed by atoms with Crippen molar-refractivity contribution < 1.29 is 27.4 Å². The summed E-state index contributed by atoms with van der Waals surface area (Å²) < 4.78 is 53.3. The maximum absolute atomic E-state index is 13.8. The Labute approximate surface area is 228 Å². The number of amidine groups is 1. The van der Waals surface area contributed by atoms with Gasteiger partial charge in [-0.25, -0.2) is 0 Å². The number of ether oxygens (including phenoxy) is 2. The lowest BCUT2D eigenvalue weighted by Crippen LogP contribution is -2.46. The van der Waals surface area contributed by atoms with Crippen LogP contribution in [0.3, 0.4) is 0 Å². The van der Waals surface area contributed by atoms with Crippen molar-refractivity contribution in [3.63, 3.8) is 0 Å². The van der Waals surface area contributed by atoms with Crippen molar-refractivity contribution in [1.82, 2.24) is 19.6 Å². The van der Waals surface area contributed by atoms with E-state index in [0.29, 0.717) is 10.4 Å². The van der Waals surface area contributed by atoms with Crippen LogP contribution in [0.4, 0.5) is 13.2 Å². The predicted octanol–water partition coefficient (Wildman–Crippen LogP) is 4.35. The molecule has 0 saturated carbocycles. The minimum absolute atomic E-state index is 0.0618. The lowest BCUT2D eigenvalue weighted by atomic mass is 10.1. The second-order valence-corrected chi connectivity index (χ2v) is 10.4. The molecule has 0 bridgehead atoms. The monoisotopic (exact) mass is 559 g/mol. The molecule has 2 aliphatic rings. The van der Waals surface area contributed by atoms with E-state index in [4.69, 9.17) is 9.47 Å². The van der Waals surface area contributed by atoms with E-state index in [1.165, 1.54) is 35.7 Å². The normalized spacial score (nSPS) is 17.9. The molecule has 1 saturated heterocycles. The number of aliphatic imine (C=N–C) groups is 1. The third-order valence-electron chi connectivity index (χ3n) is 6.61. The van der Waals surface area contributed by atoms with Gasteiger partial charge in [0.25, 0.3) is 5.91 Å². The molecule has 1 aromatic heterocycles. The van der Waals surface area contributed by atoms with Crippen molar-refractivity contribution in [2.45, 2.75) is 12.7 Å². The molecule has 12 heteroatoms. The standard InChI is InChI=1S/C27H28F3N5O3S/c1-33-7-9-34(10-8-33)26-32-25(36)24(39-26)14-18-3-6-23-20(13-18)16-31-35(23)17-19-4-5-21(38-12-11-37-2)15-22(19)27(28,29)30/h3-6,13-16H,7-12,17H2,1-2H3/b24-14-. The average molecular weight is 560 g/mol. The largest absolute Gasteiger partial charge is 0.491 e. The van der Waals surface area contributed by atoms with Gasteiger partial charge >= 0.3 is 6.18 Å². The second-order valence-electron chi connectivity index (χ2n) is 9.38. The van der Waals surface area contributed by atoms with Crippen LogP contribution >= 0.6 is 11.8 Å². The predicted molar refractivity (Wildman–Crippen MR) is 145 cm³/mol. The van der Waals surface area contributed by atoms with Crippen LogP contribution in [0.1, 0.15) is 16.7 Å². The third-order valence-corrected chi connectivity index (χ3v) is 7.65. The SMILES string of the molecule is COCCOc1ccc(Cn2ncc3cc(/C=C4\SC(N5CCN(C)CC5)=NC4=O)ccc32)c(C(F)(F)F)c1. The van der Waals surface area contributed by atoms with Crippen LogP contribution in [0, 0.1) is 0 Å². The lowest BCUT2D eigenvalue weighted by molar-refractivity contribution is -0.138. The zero-order chi connectivity index (χ0) is 27.6. The highest BCUT2D eigenvalue weighted by Crippen LogP contribution is 2.35. The van der Waals surface area contributed by atoms with E-state index in [2.05, 4.69) is 26.9 Å². The van der Waals surface area contributed by atoms with Gasteiger partial charge in [0.2, 0.25) is 0 Å². The molecule has 0 aliphatic carbocycles. The molecule has 3 aromatic rings. The van der Waals surface area contributed by atoms with Gasteiger partial charge in [0.1, 0.15) is 12.4 Å². The van der Waals surface area contributed by atoms with E-state index in [-0.39, 0.29) is 37.0 Å². The van der Waals surface area contributed by atoms with Gasteiger partial charge in [-0.3, -0.25) is 9.48 Å². The minimum atomic E-state index is -4.55. The number of halogens is 3. The Morgan fingerprint density at radius 2 is 1.87 bits per heavy atom. The van der Waals surface area contributed by atoms with Crippen LogP contribution in [-0.4, -0.2) is 84.2 Å². The molecule has 0 unspecified atom stereocenters. The Morgan fingerprint density at radius 1 is 1.08 bits per heavy atom. The number of alkyl halides is 3. The van der Waals surface area contributed by atoms with Crippen molar-refractivity contribution in [3.05, 3.63) is 64.2 Å². The molecule has 5 rings (SSSR count). The fourth-order valence-electron chi connectivity index (χ4n) is 4.46. The number of thioether (sulfide) groups is 1. The van der Waals surface area contributed by atoms with Gasteiger partial charge < -0.3 is 19.3 Å². The van der Waals surface area contributed by atoms with Crippen molar-refractivity contribution in [3.8, 4) is 5.75 Å². The Kier molecular flexibility index (Phi) is 7.96. The Bertz CT molecular complexity index is 1430. The van der Waals surface area contributed by atoms with Gasteiger partial charge in [-0.1, -0.05) is 12.1 Å². The minimum Gasteiger partial charge on any atom is -0.491 e. The van der Waals surface area contributed by atoms with Crippen LogP contribution in [-0.2, 0) is 22.3 Å². The number of nitrogens with zero attached hydrogens (tertiary/aromatic N) is 5. The molecule has 8 nitrogen and oxygen atoms in total. The van der Waals surface area contributed by atoms with Gasteiger partial charge in [0.15, 0.2) is 5.17 Å². The van der Waals surface area contributed by atoms with E-state index < -0.39 is 11.7 Å². The summed E-state index contributed by atoms with van der Waals surface area (Å²) in [6.45, 7) is 3.87. The molecule has 1 amide bonds. The molecular formula is C27H28F3N5O3S. The molecule has 2 aliphatic heterocycles. The summed E-state index contributed by atoms with van der Waals surface area (Å²) in [6, 6.07) is 9.44. The number of hydrogen-bond donors (Lipinski definition) is 0. The highest BCUT2D eigenvalue weighted by atomic mass is 32.2. The van der Waals surface area contributed by atoms with E-state index in [1.54, 1.807) is 18.3 Å². The number of rotatable bonds is 7. The number of carbonyl (C=O) groups excluding carboxylic acids is 1. The summed E-state index contributed by atoms with van der Waals surface area (Å²) in [4.78, 5) is 21.7. The van der Waals surface area contributed by atoms with Crippen LogP contribution < -0.4 is 4.74 Å². The molecule has 0 N–H and O–H groups in total. The number of piperazine rings is 1. The first-order valence-corrected chi connectivity index (χ1v) is 13.3. The quantitative estimate of drug-likeness (QED) is 0.315. The van der Waals surface area contributed by atoms with Crippen molar-refractivity contribution >= 4 is 39.8 Å². The first-order chi connectivity index (χ1) is 18.7. The number of carbonyl (C=O) groups is 1. The molecule has 2 aromatic carbocycles. The molecule has 206 valence electrons. The van der Waals surface area contributed by atoms with Crippen LogP contribution in [0.15, 0.2) is 52.5 Å². The number of likely N-dealkylation sites (N-methyl/N-ethyl adjacent to an activating group) is 1. The molecule has 39 heavy (non-hydrogen) atoms. The highest BCUT2D eigenvalue weighted by Gasteiger charge is 2.34. The van der Waals surface area contributed by atoms with Crippen molar-refractivity contribution in [1.29, 1.82) is 0 Å². The van der Waals surface area contributed by atoms with Gasteiger partial charge in [-0.05, 0) is 60.3 Å². The fraction of sp³-hybridized carbons (Fsp3) is 0.370. The first-order valence-electron chi connectivity index (χ1n) is 12.4. The van der Waals surface area contributed by atoms with Crippen LogP contribution in [0.5, 0.6) is 5.75 Å². The lowest BCUT2D eigenvalue weighted by Gasteiger charge is -2.32. The summed E-state index contributed by atoms with van der Waals surface area (Å²) in [5.41, 5.74) is 0.793. The number of aromatic nitrogens is 2. The number of hydrogen-bond acceptors (Lipinski definition) is 7. The number of fused-ring (bicyclic) bond motifs is 1. The Morgan fingerprint density at radius 3 is 2.62 bits per heavy atom. The molecule has 0 radical (unpaired) electrons. The average Bonchev–Trinajstić information content (AvgIpc) is 3.47. The maximum Gasteiger partial charge on any atom is 0.416 e. The van der Waals surface area contributed by atoms with Crippen LogP contribution in [0.2, 0.25) is 0 Å². The molecule has 0 atom stereocenters. The maximum atomic E-state index is 13.8. The fourth-order valence-corrected chi connectivity index (χ4v) is 5.42. The van der Waals surface area contributed by atoms with Crippen molar-refractivity contribution in [2.24, 2.45) is 4.99 Å². The number of methoxy groups -OCH3 is 1. The Hall–Kier alpha value is -3.35. The van der Waals surface area contributed by atoms with Gasteiger partial charge in [0.05, 0.1) is 35.3 Å². The highest BCUT2D eigenvalue weighted by molar-refractivity contribution is 8.18. The number of benzene rings is 2. The van der Waals surface area contributed by atoms with E-state index in [0.717, 1.165) is 48.4 Å². The summed E-state index contributed by atoms with van der Waals surface area (Å²) in [6.07, 6.45) is -1.14. The van der Waals surface area contributed by atoms with Gasteiger partial charge in [-0.15, -0.1) is 0 Å². The number of amides is 1. The smallest absolute Gasteiger partial charge is 0.416 e. The zero-order valence-corrected chi connectivity index (χ0v) is 22.4. The molecule has 3 heterocycles. The molecule has 1 fully saturated rings. The van der Waals surface area contributed by atoms with Gasteiger partial charge in [0, 0.05) is 38.7 Å². The summed E-state index contributed by atoms with van der Waals surface area (Å²) >= 11 is 1.37.